The number of aromatic amines is 1. The zero-order chi connectivity index (χ0) is 20.9. The summed E-state index contributed by atoms with van der Waals surface area (Å²) < 4.78 is 0. The van der Waals surface area contributed by atoms with E-state index in [-0.39, 0.29) is 5.56 Å². The van der Waals surface area contributed by atoms with Crippen molar-refractivity contribution in [2.24, 2.45) is 0 Å². The monoisotopic (exact) mass is 396 g/mol. The van der Waals surface area contributed by atoms with Crippen molar-refractivity contribution < 1.29 is 0 Å². The minimum atomic E-state index is -0.143. The van der Waals surface area contributed by atoms with E-state index in [0.29, 0.717) is 12.2 Å². The maximum absolute atomic E-state index is 11.8. The second-order valence-electron chi connectivity index (χ2n) is 7.22. The summed E-state index contributed by atoms with van der Waals surface area (Å²) in [5.74, 6) is 1.41. The normalized spacial score (nSPS) is 10.7. The Bertz CT molecular complexity index is 1180. The third kappa shape index (κ3) is 4.30. The molecule has 0 spiro atoms. The van der Waals surface area contributed by atoms with Crippen LogP contribution in [0, 0.1) is 0 Å². The number of hydrogen-bond acceptors (Lipinski definition) is 4. The fourth-order valence-corrected chi connectivity index (χ4v) is 3.47. The van der Waals surface area contributed by atoms with Crippen LogP contribution in [0.4, 0.5) is 5.82 Å². The number of aryl methyl sites for hydroxylation is 1. The molecule has 150 valence electrons. The van der Waals surface area contributed by atoms with Crippen molar-refractivity contribution in [3.63, 3.8) is 0 Å². The van der Waals surface area contributed by atoms with Crippen molar-refractivity contribution in [3.8, 4) is 22.5 Å². The SMILES string of the molecule is CCc1cc(=O)[nH]c(-c2ccc(N(C)Cc3ccccc3-c3ccccc3)nc2)n1. The van der Waals surface area contributed by atoms with Gasteiger partial charge in [-0.1, -0.05) is 61.5 Å². The second-order valence-corrected chi connectivity index (χ2v) is 7.22. The van der Waals surface area contributed by atoms with Crippen molar-refractivity contribution in [1.29, 1.82) is 0 Å². The summed E-state index contributed by atoms with van der Waals surface area (Å²) in [7, 11) is 2.03. The van der Waals surface area contributed by atoms with Crippen LogP contribution in [0.1, 0.15) is 18.2 Å². The lowest BCUT2D eigenvalue weighted by Gasteiger charge is -2.20. The quantitative estimate of drug-likeness (QED) is 0.513. The lowest BCUT2D eigenvalue weighted by atomic mass is 9.99. The topological polar surface area (TPSA) is 61.9 Å². The van der Waals surface area contributed by atoms with E-state index in [0.717, 1.165) is 23.6 Å². The first-order chi connectivity index (χ1) is 14.6. The molecule has 0 radical (unpaired) electrons. The van der Waals surface area contributed by atoms with E-state index in [1.165, 1.54) is 22.8 Å². The lowest BCUT2D eigenvalue weighted by molar-refractivity contribution is 0.899. The van der Waals surface area contributed by atoms with Crippen LogP contribution in [-0.2, 0) is 13.0 Å². The molecule has 2 heterocycles. The maximum Gasteiger partial charge on any atom is 0.251 e. The minimum absolute atomic E-state index is 0.143. The van der Waals surface area contributed by atoms with Gasteiger partial charge >= 0.3 is 0 Å². The zero-order valence-corrected chi connectivity index (χ0v) is 17.2. The first kappa shape index (κ1) is 19.6. The van der Waals surface area contributed by atoms with E-state index in [1.54, 1.807) is 6.20 Å². The second kappa shape index (κ2) is 8.74. The highest BCUT2D eigenvalue weighted by atomic mass is 16.1. The van der Waals surface area contributed by atoms with E-state index in [1.807, 2.05) is 32.2 Å². The molecule has 2 aromatic heterocycles. The molecule has 0 saturated heterocycles. The molecule has 4 rings (SSSR count). The van der Waals surface area contributed by atoms with Crippen molar-refractivity contribution in [1.82, 2.24) is 15.0 Å². The molecule has 2 aromatic carbocycles. The summed E-state index contributed by atoms with van der Waals surface area (Å²) in [5.41, 5.74) is 5.08. The van der Waals surface area contributed by atoms with Crippen molar-refractivity contribution >= 4 is 5.82 Å². The van der Waals surface area contributed by atoms with Gasteiger partial charge in [0.25, 0.3) is 5.56 Å². The average molecular weight is 396 g/mol. The van der Waals surface area contributed by atoms with Crippen LogP contribution in [0.2, 0.25) is 0 Å². The highest BCUT2D eigenvalue weighted by Gasteiger charge is 2.10. The molecular weight excluding hydrogens is 372 g/mol. The summed E-state index contributed by atoms with van der Waals surface area (Å²) in [6.45, 7) is 2.72. The van der Waals surface area contributed by atoms with Gasteiger partial charge in [0.2, 0.25) is 0 Å². The standard InChI is InChI=1S/C25H24N4O/c1-3-21-15-24(30)28-25(27-21)19-13-14-23(26-16-19)29(2)17-20-11-7-8-12-22(20)18-9-5-4-6-10-18/h4-16H,3,17H2,1-2H3,(H,27,28,30). The van der Waals surface area contributed by atoms with E-state index in [9.17, 15) is 4.79 Å². The van der Waals surface area contributed by atoms with Gasteiger partial charge in [0.05, 0.1) is 0 Å². The molecule has 1 N–H and O–H groups in total. The number of aromatic nitrogens is 3. The maximum atomic E-state index is 11.8. The van der Waals surface area contributed by atoms with E-state index >= 15 is 0 Å². The molecule has 0 aliphatic heterocycles. The molecule has 30 heavy (non-hydrogen) atoms. The molecule has 4 aromatic rings. The van der Waals surface area contributed by atoms with Crippen molar-refractivity contribution in [2.75, 3.05) is 11.9 Å². The molecule has 5 nitrogen and oxygen atoms in total. The Morgan fingerprint density at radius 3 is 2.43 bits per heavy atom. The third-order valence-electron chi connectivity index (χ3n) is 5.08. The van der Waals surface area contributed by atoms with Crippen LogP contribution in [0.5, 0.6) is 0 Å². The molecule has 0 aliphatic carbocycles. The van der Waals surface area contributed by atoms with Crippen LogP contribution in [0.25, 0.3) is 22.5 Å². The van der Waals surface area contributed by atoms with E-state index in [2.05, 4.69) is 68.4 Å². The van der Waals surface area contributed by atoms with Crippen LogP contribution in [0.15, 0.2) is 83.8 Å². The number of H-pyrrole nitrogens is 1. The summed E-state index contributed by atoms with van der Waals surface area (Å²) >= 11 is 0. The molecule has 0 fully saturated rings. The van der Waals surface area contributed by atoms with Crippen molar-refractivity contribution in [3.05, 3.63) is 101 Å². The Balaban J connectivity index is 1.57. The lowest BCUT2D eigenvalue weighted by Crippen LogP contribution is -2.18. The van der Waals surface area contributed by atoms with Gasteiger partial charge < -0.3 is 9.88 Å². The van der Waals surface area contributed by atoms with E-state index in [4.69, 9.17) is 0 Å². The van der Waals surface area contributed by atoms with Crippen molar-refractivity contribution in [2.45, 2.75) is 19.9 Å². The summed E-state index contributed by atoms with van der Waals surface area (Å²) in [6.07, 6.45) is 2.47. The number of nitrogens with one attached hydrogen (secondary N) is 1. The first-order valence-electron chi connectivity index (χ1n) is 10.0. The van der Waals surface area contributed by atoms with Gasteiger partial charge in [-0.05, 0) is 35.2 Å². The number of pyridine rings is 1. The average Bonchev–Trinajstić information content (AvgIpc) is 2.79. The number of nitrogens with zero attached hydrogens (tertiary/aromatic N) is 3. The van der Waals surface area contributed by atoms with E-state index < -0.39 is 0 Å². The van der Waals surface area contributed by atoms with Gasteiger partial charge in [-0.15, -0.1) is 0 Å². The number of anilines is 1. The number of benzene rings is 2. The highest BCUT2D eigenvalue weighted by Crippen LogP contribution is 2.26. The van der Waals surface area contributed by atoms with Gasteiger partial charge in [0, 0.05) is 37.1 Å². The minimum Gasteiger partial charge on any atom is -0.355 e. The number of rotatable bonds is 6. The van der Waals surface area contributed by atoms with Gasteiger partial charge in [0.15, 0.2) is 0 Å². The van der Waals surface area contributed by atoms with Gasteiger partial charge in [-0.3, -0.25) is 4.79 Å². The van der Waals surface area contributed by atoms with Crippen LogP contribution in [0.3, 0.4) is 0 Å². The smallest absolute Gasteiger partial charge is 0.251 e. The summed E-state index contributed by atoms with van der Waals surface area (Å²) in [4.78, 5) is 25.9. The van der Waals surface area contributed by atoms with Crippen LogP contribution in [-0.4, -0.2) is 22.0 Å². The number of hydrogen-bond donors (Lipinski definition) is 1. The fraction of sp³-hybridized carbons (Fsp3) is 0.160. The summed E-state index contributed by atoms with van der Waals surface area (Å²) in [6, 6.07) is 24.3. The highest BCUT2D eigenvalue weighted by molar-refractivity contribution is 5.68. The molecule has 0 bridgehead atoms. The predicted octanol–water partition coefficient (Wildman–Crippen LogP) is 4.70. The predicted molar refractivity (Wildman–Crippen MR) is 121 cm³/mol. The fourth-order valence-electron chi connectivity index (χ4n) is 3.47. The first-order valence-corrected chi connectivity index (χ1v) is 10.0. The van der Waals surface area contributed by atoms with Gasteiger partial charge in [-0.2, -0.15) is 0 Å². The Hall–Kier alpha value is -3.73. The molecule has 5 heteroatoms. The van der Waals surface area contributed by atoms with Gasteiger partial charge in [0.1, 0.15) is 11.6 Å². The molecular formula is C25H24N4O. The molecule has 0 saturated carbocycles. The Kier molecular flexibility index (Phi) is 5.70. The van der Waals surface area contributed by atoms with Crippen LogP contribution < -0.4 is 10.5 Å². The van der Waals surface area contributed by atoms with Crippen LogP contribution >= 0.6 is 0 Å². The molecule has 0 unspecified atom stereocenters. The largest absolute Gasteiger partial charge is 0.355 e. The molecule has 0 atom stereocenters. The van der Waals surface area contributed by atoms with Gasteiger partial charge in [-0.25, -0.2) is 9.97 Å². The summed E-state index contributed by atoms with van der Waals surface area (Å²) in [5, 5.41) is 0. The third-order valence-corrected chi connectivity index (χ3v) is 5.08. The Morgan fingerprint density at radius 1 is 0.933 bits per heavy atom. The molecule has 0 amide bonds. The molecule has 0 aliphatic rings. The zero-order valence-electron chi connectivity index (χ0n) is 17.2. The Labute approximate surface area is 176 Å². The Morgan fingerprint density at radius 2 is 1.70 bits per heavy atom.